The second-order valence-corrected chi connectivity index (χ2v) is 5.63. The first kappa shape index (κ1) is 16.2. The molecular formula is C17H30N2. The van der Waals surface area contributed by atoms with Crippen molar-refractivity contribution in [3.05, 3.63) is 35.4 Å². The van der Waals surface area contributed by atoms with Gasteiger partial charge in [0.25, 0.3) is 0 Å². The van der Waals surface area contributed by atoms with Crippen LogP contribution in [0, 0.1) is 5.92 Å². The largest absolute Gasteiger partial charge is 0.326 e. The molecule has 0 bridgehead atoms. The average Bonchev–Trinajstić information content (AvgIpc) is 2.44. The molecule has 1 aromatic rings. The first-order valence-corrected chi connectivity index (χ1v) is 7.66. The van der Waals surface area contributed by atoms with Crippen LogP contribution in [0.4, 0.5) is 0 Å². The molecule has 0 heterocycles. The molecule has 1 rings (SSSR count). The molecule has 0 aliphatic carbocycles. The van der Waals surface area contributed by atoms with Crippen molar-refractivity contribution in [3.63, 3.8) is 0 Å². The van der Waals surface area contributed by atoms with Crippen LogP contribution < -0.4 is 5.73 Å². The van der Waals surface area contributed by atoms with E-state index in [9.17, 15) is 0 Å². The molecule has 1 atom stereocenters. The predicted molar refractivity (Wildman–Crippen MR) is 84.0 cm³/mol. The Morgan fingerprint density at radius 3 is 2.26 bits per heavy atom. The third-order valence-corrected chi connectivity index (χ3v) is 3.82. The third-order valence-electron chi connectivity index (χ3n) is 3.82. The highest BCUT2D eigenvalue weighted by Crippen LogP contribution is 2.15. The van der Waals surface area contributed by atoms with Gasteiger partial charge in [-0.2, -0.15) is 0 Å². The van der Waals surface area contributed by atoms with Crippen LogP contribution in [0.15, 0.2) is 24.3 Å². The molecule has 2 heteroatoms. The standard InChI is InChI=1S/C17H30N2/c1-4-6-7-15(5-2)13-19(3)14-17-10-8-16(12-18)9-11-17/h8-11,15H,4-7,12-14,18H2,1-3H3. The minimum atomic E-state index is 0.630. The number of unbranched alkanes of at least 4 members (excludes halogenated alkanes) is 1. The molecule has 0 radical (unpaired) electrons. The predicted octanol–water partition coefficient (Wildman–Crippen LogP) is 3.79. The molecule has 0 aliphatic heterocycles. The minimum absolute atomic E-state index is 0.630. The van der Waals surface area contributed by atoms with Crippen molar-refractivity contribution in [2.75, 3.05) is 13.6 Å². The fourth-order valence-electron chi connectivity index (χ4n) is 2.52. The first-order valence-electron chi connectivity index (χ1n) is 7.66. The molecule has 1 unspecified atom stereocenters. The Balaban J connectivity index is 2.41. The van der Waals surface area contributed by atoms with E-state index in [1.807, 2.05) is 0 Å². The molecule has 2 nitrogen and oxygen atoms in total. The summed E-state index contributed by atoms with van der Waals surface area (Å²) in [4.78, 5) is 2.45. The summed E-state index contributed by atoms with van der Waals surface area (Å²) >= 11 is 0. The normalized spacial score (nSPS) is 12.9. The van der Waals surface area contributed by atoms with Crippen LogP contribution in [-0.4, -0.2) is 18.5 Å². The summed E-state index contributed by atoms with van der Waals surface area (Å²) in [6.07, 6.45) is 5.32. The average molecular weight is 262 g/mol. The lowest BCUT2D eigenvalue weighted by Crippen LogP contribution is -2.25. The van der Waals surface area contributed by atoms with Gasteiger partial charge in [0.05, 0.1) is 0 Å². The summed E-state index contributed by atoms with van der Waals surface area (Å²) in [6.45, 7) is 7.45. The van der Waals surface area contributed by atoms with Crippen molar-refractivity contribution in [2.24, 2.45) is 11.7 Å². The van der Waals surface area contributed by atoms with Gasteiger partial charge in [-0.1, -0.05) is 57.4 Å². The Hall–Kier alpha value is -0.860. The van der Waals surface area contributed by atoms with Crippen LogP contribution in [0.2, 0.25) is 0 Å². The Morgan fingerprint density at radius 1 is 1.11 bits per heavy atom. The SMILES string of the molecule is CCCCC(CC)CN(C)Cc1ccc(CN)cc1. The van der Waals surface area contributed by atoms with Gasteiger partial charge in [0.2, 0.25) is 0 Å². The topological polar surface area (TPSA) is 29.3 Å². The first-order chi connectivity index (χ1) is 9.19. The lowest BCUT2D eigenvalue weighted by Gasteiger charge is -2.23. The zero-order chi connectivity index (χ0) is 14.1. The van der Waals surface area contributed by atoms with Crippen molar-refractivity contribution in [3.8, 4) is 0 Å². The maximum absolute atomic E-state index is 5.62. The Morgan fingerprint density at radius 2 is 1.74 bits per heavy atom. The fraction of sp³-hybridized carbons (Fsp3) is 0.647. The van der Waals surface area contributed by atoms with E-state index in [-0.39, 0.29) is 0 Å². The molecule has 0 saturated heterocycles. The molecule has 0 saturated carbocycles. The molecule has 0 spiro atoms. The van der Waals surface area contributed by atoms with Gasteiger partial charge in [0.15, 0.2) is 0 Å². The molecule has 1 aromatic carbocycles. The zero-order valence-corrected chi connectivity index (χ0v) is 12.9. The Bertz CT molecular complexity index is 332. The van der Waals surface area contributed by atoms with Gasteiger partial charge < -0.3 is 10.6 Å². The van der Waals surface area contributed by atoms with E-state index in [0.29, 0.717) is 6.54 Å². The van der Waals surface area contributed by atoms with Gasteiger partial charge in [0.1, 0.15) is 0 Å². The number of rotatable bonds is 9. The highest BCUT2D eigenvalue weighted by atomic mass is 15.1. The summed E-state index contributed by atoms with van der Waals surface area (Å²) in [6, 6.07) is 8.67. The Kier molecular flexibility index (Phi) is 7.76. The van der Waals surface area contributed by atoms with Crippen LogP contribution in [-0.2, 0) is 13.1 Å². The van der Waals surface area contributed by atoms with Crippen molar-refractivity contribution in [1.29, 1.82) is 0 Å². The van der Waals surface area contributed by atoms with E-state index in [0.717, 1.165) is 12.5 Å². The van der Waals surface area contributed by atoms with Crippen molar-refractivity contribution >= 4 is 0 Å². The molecule has 0 fully saturated rings. The van der Waals surface area contributed by atoms with E-state index >= 15 is 0 Å². The van der Waals surface area contributed by atoms with Crippen molar-refractivity contribution in [2.45, 2.75) is 52.6 Å². The van der Waals surface area contributed by atoms with Gasteiger partial charge in [-0.05, 0) is 30.5 Å². The maximum Gasteiger partial charge on any atom is 0.0230 e. The molecular weight excluding hydrogens is 232 g/mol. The lowest BCUT2D eigenvalue weighted by atomic mass is 9.98. The fourth-order valence-corrected chi connectivity index (χ4v) is 2.52. The van der Waals surface area contributed by atoms with E-state index in [4.69, 9.17) is 5.73 Å². The van der Waals surface area contributed by atoms with Gasteiger partial charge in [0, 0.05) is 19.6 Å². The molecule has 108 valence electrons. The van der Waals surface area contributed by atoms with Gasteiger partial charge in [-0.15, -0.1) is 0 Å². The van der Waals surface area contributed by atoms with Crippen LogP contribution in [0.1, 0.15) is 50.7 Å². The van der Waals surface area contributed by atoms with Gasteiger partial charge in [-0.25, -0.2) is 0 Å². The number of benzene rings is 1. The van der Waals surface area contributed by atoms with Crippen LogP contribution in [0.5, 0.6) is 0 Å². The molecule has 0 aliphatic rings. The quantitative estimate of drug-likeness (QED) is 0.733. The van der Waals surface area contributed by atoms with Crippen molar-refractivity contribution in [1.82, 2.24) is 4.90 Å². The molecule has 19 heavy (non-hydrogen) atoms. The highest BCUT2D eigenvalue weighted by Gasteiger charge is 2.09. The number of hydrogen-bond acceptors (Lipinski definition) is 2. The molecule has 2 N–H and O–H groups in total. The van der Waals surface area contributed by atoms with Gasteiger partial charge in [-0.3, -0.25) is 0 Å². The number of nitrogens with zero attached hydrogens (tertiary/aromatic N) is 1. The van der Waals surface area contributed by atoms with E-state index < -0.39 is 0 Å². The summed E-state index contributed by atoms with van der Waals surface area (Å²) in [5, 5.41) is 0. The second kappa shape index (κ2) is 9.11. The summed E-state index contributed by atoms with van der Waals surface area (Å²) in [5.41, 5.74) is 8.21. The van der Waals surface area contributed by atoms with E-state index in [1.165, 1.54) is 43.4 Å². The number of hydrogen-bond donors (Lipinski definition) is 1. The zero-order valence-electron chi connectivity index (χ0n) is 12.9. The third kappa shape index (κ3) is 6.22. The molecule has 0 aromatic heterocycles. The maximum atomic E-state index is 5.62. The molecule has 0 amide bonds. The van der Waals surface area contributed by atoms with E-state index in [1.54, 1.807) is 0 Å². The minimum Gasteiger partial charge on any atom is -0.326 e. The van der Waals surface area contributed by atoms with E-state index in [2.05, 4.69) is 50.1 Å². The van der Waals surface area contributed by atoms with Crippen LogP contribution in [0.3, 0.4) is 0 Å². The monoisotopic (exact) mass is 262 g/mol. The van der Waals surface area contributed by atoms with Crippen molar-refractivity contribution < 1.29 is 0 Å². The summed E-state index contributed by atoms with van der Waals surface area (Å²) in [5.74, 6) is 0.841. The smallest absolute Gasteiger partial charge is 0.0230 e. The summed E-state index contributed by atoms with van der Waals surface area (Å²) in [7, 11) is 2.23. The highest BCUT2D eigenvalue weighted by molar-refractivity contribution is 5.22. The van der Waals surface area contributed by atoms with Crippen LogP contribution in [0.25, 0.3) is 0 Å². The second-order valence-electron chi connectivity index (χ2n) is 5.63. The van der Waals surface area contributed by atoms with Crippen LogP contribution >= 0.6 is 0 Å². The summed E-state index contributed by atoms with van der Waals surface area (Å²) < 4.78 is 0. The van der Waals surface area contributed by atoms with Gasteiger partial charge >= 0.3 is 0 Å². The Labute approximate surface area is 119 Å². The lowest BCUT2D eigenvalue weighted by molar-refractivity contribution is 0.253. The number of nitrogens with two attached hydrogens (primary N) is 1.